The number of piperazine rings is 1. The summed E-state index contributed by atoms with van der Waals surface area (Å²) in [7, 11) is 1.84. The van der Waals surface area contributed by atoms with Crippen molar-refractivity contribution in [3.8, 4) is 5.75 Å². The molecule has 1 aromatic heterocycles. The fourth-order valence-corrected chi connectivity index (χ4v) is 3.12. The van der Waals surface area contributed by atoms with Gasteiger partial charge in [-0.25, -0.2) is 4.98 Å². The van der Waals surface area contributed by atoms with E-state index in [4.69, 9.17) is 4.74 Å². The smallest absolute Gasteiger partial charge is 0.193 e. The Labute approximate surface area is 185 Å². The molecule has 2 aromatic rings. The first-order chi connectivity index (χ1) is 13.3. The van der Waals surface area contributed by atoms with Crippen LogP contribution < -0.4 is 15.0 Å². The maximum absolute atomic E-state index is 5.78. The van der Waals surface area contributed by atoms with E-state index in [1.807, 2.05) is 37.5 Å². The number of hydrogen-bond donors (Lipinski definition) is 1. The molecule has 1 saturated heterocycles. The number of anilines is 1. The average molecular weight is 495 g/mol. The molecule has 6 nitrogen and oxygen atoms in total. The number of aromatic nitrogens is 1. The van der Waals surface area contributed by atoms with Crippen LogP contribution in [0.1, 0.15) is 12.0 Å². The number of ether oxygens (including phenoxy) is 1. The van der Waals surface area contributed by atoms with E-state index in [1.54, 1.807) is 0 Å². The first kappa shape index (κ1) is 22.3. The third kappa shape index (κ3) is 6.54. The Balaban J connectivity index is 0.00000280. The quantitative estimate of drug-likeness (QED) is 0.289. The van der Waals surface area contributed by atoms with E-state index in [1.165, 1.54) is 5.56 Å². The number of pyridine rings is 1. The van der Waals surface area contributed by atoms with Gasteiger partial charge in [0, 0.05) is 46.0 Å². The zero-order chi connectivity index (χ0) is 18.9. The highest BCUT2D eigenvalue weighted by Gasteiger charge is 2.20. The van der Waals surface area contributed by atoms with Crippen LogP contribution in [-0.4, -0.2) is 62.2 Å². The number of aliphatic imine (C=N–C) groups is 1. The van der Waals surface area contributed by atoms with Crippen LogP contribution in [0, 0.1) is 6.92 Å². The summed E-state index contributed by atoms with van der Waals surface area (Å²) in [6.07, 6.45) is 2.78. The van der Waals surface area contributed by atoms with Gasteiger partial charge in [0.2, 0.25) is 0 Å². The van der Waals surface area contributed by atoms with Crippen LogP contribution in [0.3, 0.4) is 0 Å². The molecule has 0 spiro atoms. The highest BCUT2D eigenvalue weighted by molar-refractivity contribution is 14.0. The van der Waals surface area contributed by atoms with Gasteiger partial charge in [0.05, 0.1) is 6.61 Å². The lowest BCUT2D eigenvalue weighted by Crippen LogP contribution is -2.52. The van der Waals surface area contributed by atoms with Crippen LogP contribution in [0.15, 0.2) is 53.7 Å². The van der Waals surface area contributed by atoms with Crippen molar-refractivity contribution in [2.75, 3.05) is 51.3 Å². The molecule has 0 bridgehead atoms. The second kappa shape index (κ2) is 11.7. The zero-order valence-electron chi connectivity index (χ0n) is 16.7. The number of guanidine groups is 1. The number of hydrogen-bond acceptors (Lipinski definition) is 4. The summed E-state index contributed by atoms with van der Waals surface area (Å²) in [5, 5.41) is 3.45. The first-order valence-corrected chi connectivity index (χ1v) is 9.57. The maximum atomic E-state index is 5.78. The number of benzene rings is 1. The molecular formula is C21H30IN5O. The molecule has 7 heteroatoms. The lowest BCUT2D eigenvalue weighted by atomic mass is 10.2. The van der Waals surface area contributed by atoms with Gasteiger partial charge in [-0.05, 0) is 37.6 Å². The third-order valence-corrected chi connectivity index (χ3v) is 4.66. The fraction of sp³-hybridized carbons (Fsp3) is 0.429. The topological polar surface area (TPSA) is 53.0 Å². The number of rotatable bonds is 6. The van der Waals surface area contributed by atoms with Gasteiger partial charge >= 0.3 is 0 Å². The van der Waals surface area contributed by atoms with E-state index in [-0.39, 0.29) is 24.0 Å². The van der Waals surface area contributed by atoms with E-state index >= 15 is 0 Å². The van der Waals surface area contributed by atoms with Crippen molar-refractivity contribution in [3.63, 3.8) is 0 Å². The van der Waals surface area contributed by atoms with Crippen molar-refractivity contribution in [1.29, 1.82) is 0 Å². The second-order valence-electron chi connectivity index (χ2n) is 6.65. The number of nitrogens with zero attached hydrogens (tertiary/aromatic N) is 4. The number of nitrogens with one attached hydrogen (secondary N) is 1. The van der Waals surface area contributed by atoms with Crippen molar-refractivity contribution in [3.05, 3.63) is 54.2 Å². The summed E-state index contributed by atoms with van der Waals surface area (Å²) in [6, 6.07) is 14.2. The predicted molar refractivity (Wildman–Crippen MR) is 126 cm³/mol. The molecule has 1 N–H and O–H groups in total. The van der Waals surface area contributed by atoms with Crippen molar-refractivity contribution in [2.24, 2.45) is 4.99 Å². The largest absolute Gasteiger partial charge is 0.494 e. The second-order valence-corrected chi connectivity index (χ2v) is 6.65. The molecule has 1 aliphatic rings. The van der Waals surface area contributed by atoms with Gasteiger partial charge in [-0.2, -0.15) is 0 Å². The molecule has 1 aliphatic heterocycles. The Morgan fingerprint density at radius 3 is 2.50 bits per heavy atom. The highest BCUT2D eigenvalue weighted by atomic mass is 127. The van der Waals surface area contributed by atoms with Gasteiger partial charge in [-0.15, -0.1) is 24.0 Å². The molecule has 1 aromatic carbocycles. The van der Waals surface area contributed by atoms with Crippen molar-refractivity contribution >= 4 is 35.8 Å². The number of halogens is 1. The van der Waals surface area contributed by atoms with E-state index in [0.717, 1.165) is 56.7 Å². The Bertz CT molecular complexity index is 715. The molecule has 0 radical (unpaired) electrons. The maximum Gasteiger partial charge on any atom is 0.193 e. The normalized spacial score (nSPS) is 14.4. The lowest BCUT2D eigenvalue weighted by Gasteiger charge is -2.37. The monoisotopic (exact) mass is 495 g/mol. The molecule has 0 saturated carbocycles. The first-order valence-electron chi connectivity index (χ1n) is 9.57. The fourth-order valence-electron chi connectivity index (χ4n) is 3.12. The molecular weight excluding hydrogens is 465 g/mol. The van der Waals surface area contributed by atoms with Crippen molar-refractivity contribution < 1.29 is 4.74 Å². The molecule has 0 unspecified atom stereocenters. The molecule has 0 aliphatic carbocycles. The summed E-state index contributed by atoms with van der Waals surface area (Å²) in [6.45, 7) is 7.41. The van der Waals surface area contributed by atoms with Gasteiger partial charge < -0.3 is 19.9 Å². The standard InChI is InChI=1S/C21H29N5O.HI/c1-18-7-9-19(10-8-18)27-17-5-12-24-21(22-2)26-15-13-25(14-16-26)20-6-3-4-11-23-20;/h3-4,6-11H,5,12-17H2,1-2H3,(H,22,24);1H. The summed E-state index contributed by atoms with van der Waals surface area (Å²) in [5.41, 5.74) is 1.25. The van der Waals surface area contributed by atoms with Gasteiger partial charge in [0.25, 0.3) is 0 Å². The van der Waals surface area contributed by atoms with Gasteiger partial charge in [-0.1, -0.05) is 23.8 Å². The van der Waals surface area contributed by atoms with Gasteiger partial charge in [-0.3, -0.25) is 4.99 Å². The molecule has 1 fully saturated rings. The van der Waals surface area contributed by atoms with Crippen molar-refractivity contribution in [2.45, 2.75) is 13.3 Å². The molecule has 3 rings (SSSR count). The predicted octanol–water partition coefficient (Wildman–Crippen LogP) is 3.17. The zero-order valence-corrected chi connectivity index (χ0v) is 19.0. The van der Waals surface area contributed by atoms with Crippen LogP contribution in [0.2, 0.25) is 0 Å². The Kier molecular flexibility index (Phi) is 9.33. The molecule has 152 valence electrons. The van der Waals surface area contributed by atoms with E-state index in [0.29, 0.717) is 6.61 Å². The van der Waals surface area contributed by atoms with Crippen LogP contribution in [0.5, 0.6) is 5.75 Å². The lowest BCUT2D eigenvalue weighted by molar-refractivity contribution is 0.309. The molecule has 28 heavy (non-hydrogen) atoms. The van der Waals surface area contributed by atoms with Crippen LogP contribution >= 0.6 is 24.0 Å². The van der Waals surface area contributed by atoms with Crippen LogP contribution in [0.25, 0.3) is 0 Å². The molecule has 0 amide bonds. The SMILES string of the molecule is CN=C(NCCCOc1ccc(C)cc1)N1CCN(c2ccccn2)CC1.I. The van der Waals surface area contributed by atoms with E-state index < -0.39 is 0 Å². The Morgan fingerprint density at radius 2 is 1.86 bits per heavy atom. The summed E-state index contributed by atoms with van der Waals surface area (Å²) in [5.74, 6) is 2.94. The Morgan fingerprint density at radius 1 is 1.11 bits per heavy atom. The minimum absolute atomic E-state index is 0. The summed E-state index contributed by atoms with van der Waals surface area (Å²) < 4.78 is 5.78. The Hall–Kier alpha value is -2.03. The summed E-state index contributed by atoms with van der Waals surface area (Å²) >= 11 is 0. The van der Waals surface area contributed by atoms with Crippen molar-refractivity contribution in [1.82, 2.24) is 15.2 Å². The van der Waals surface area contributed by atoms with Gasteiger partial charge in [0.15, 0.2) is 5.96 Å². The minimum Gasteiger partial charge on any atom is -0.494 e. The number of aryl methyl sites for hydroxylation is 1. The van der Waals surface area contributed by atoms with E-state index in [9.17, 15) is 0 Å². The van der Waals surface area contributed by atoms with Crippen LogP contribution in [-0.2, 0) is 0 Å². The third-order valence-electron chi connectivity index (χ3n) is 4.66. The molecule has 0 atom stereocenters. The minimum atomic E-state index is 0. The van der Waals surface area contributed by atoms with Crippen LogP contribution in [0.4, 0.5) is 5.82 Å². The highest BCUT2D eigenvalue weighted by Crippen LogP contribution is 2.13. The van der Waals surface area contributed by atoms with Gasteiger partial charge in [0.1, 0.15) is 11.6 Å². The molecule has 2 heterocycles. The van der Waals surface area contributed by atoms with E-state index in [2.05, 4.69) is 50.2 Å². The summed E-state index contributed by atoms with van der Waals surface area (Å²) in [4.78, 5) is 13.5. The average Bonchev–Trinajstić information content (AvgIpc) is 2.73.